The molecule has 104 valence electrons. The fourth-order valence-electron chi connectivity index (χ4n) is 3.54. The zero-order valence-electron chi connectivity index (χ0n) is 12.5. The van der Waals surface area contributed by atoms with Gasteiger partial charge in [0.25, 0.3) is 0 Å². The summed E-state index contributed by atoms with van der Waals surface area (Å²) in [5.41, 5.74) is 0.513. The van der Waals surface area contributed by atoms with Crippen molar-refractivity contribution in [2.24, 2.45) is 17.3 Å². The van der Waals surface area contributed by atoms with E-state index in [1.807, 2.05) is 0 Å². The highest BCUT2D eigenvalue weighted by Crippen LogP contribution is 2.37. The maximum atomic E-state index is 3.83. The molecule has 2 rings (SSSR count). The van der Waals surface area contributed by atoms with E-state index in [-0.39, 0.29) is 0 Å². The van der Waals surface area contributed by atoms with Gasteiger partial charge in [-0.15, -0.1) is 0 Å². The maximum absolute atomic E-state index is 3.83. The molecule has 1 saturated carbocycles. The molecule has 0 bridgehead atoms. The number of allylic oxidation sites excluding steroid dienone is 2. The van der Waals surface area contributed by atoms with Crippen LogP contribution in [0.5, 0.6) is 0 Å². The van der Waals surface area contributed by atoms with E-state index in [4.69, 9.17) is 0 Å². The monoisotopic (exact) mass is 249 g/mol. The first kappa shape index (κ1) is 14.1. The smallest absolute Gasteiger partial charge is 0.00673 e. The molecule has 0 radical (unpaired) electrons. The van der Waals surface area contributed by atoms with E-state index < -0.39 is 0 Å². The molecule has 0 heterocycles. The number of rotatable bonds is 3. The molecule has 1 atom stereocenters. The Hall–Kier alpha value is -0.300. The van der Waals surface area contributed by atoms with E-state index in [2.05, 4.69) is 38.2 Å². The van der Waals surface area contributed by atoms with Gasteiger partial charge >= 0.3 is 0 Å². The van der Waals surface area contributed by atoms with Gasteiger partial charge in [-0.1, -0.05) is 32.9 Å². The Morgan fingerprint density at radius 2 is 1.72 bits per heavy atom. The molecule has 0 aromatic heterocycles. The summed E-state index contributed by atoms with van der Waals surface area (Å²) in [5.74, 6) is 1.84. The van der Waals surface area contributed by atoms with Gasteiger partial charge in [0, 0.05) is 6.04 Å². The van der Waals surface area contributed by atoms with Gasteiger partial charge in [-0.05, 0) is 68.7 Å². The molecule has 0 aromatic rings. The Labute approximate surface area is 113 Å². The molecule has 1 unspecified atom stereocenters. The van der Waals surface area contributed by atoms with E-state index in [0.29, 0.717) is 5.41 Å². The third kappa shape index (κ3) is 4.12. The molecule has 0 aliphatic heterocycles. The summed E-state index contributed by atoms with van der Waals surface area (Å²) in [6.07, 6.45) is 14.3. The van der Waals surface area contributed by atoms with Crippen LogP contribution in [0, 0.1) is 17.3 Å². The third-order valence-corrected chi connectivity index (χ3v) is 5.02. The van der Waals surface area contributed by atoms with Crippen LogP contribution in [0.2, 0.25) is 0 Å². The predicted octanol–water partition coefficient (Wildman–Crippen LogP) is 4.54. The van der Waals surface area contributed by atoms with Gasteiger partial charge in [0.2, 0.25) is 0 Å². The van der Waals surface area contributed by atoms with Crippen molar-refractivity contribution in [2.75, 3.05) is 6.54 Å². The van der Waals surface area contributed by atoms with Gasteiger partial charge in [0.1, 0.15) is 0 Å². The van der Waals surface area contributed by atoms with E-state index in [1.165, 1.54) is 51.5 Å². The van der Waals surface area contributed by atoms with Crippen LogP contribution in [-0.4, -0.2) is 12.6 Å². The van der Waals surface area contributed by atoms with Crippen LogP contribution in [0.25, 0.3) is 0 Å². The van der Waals surface area contributed by atoms with Gasteiger partial charge < -0.3 is 5.32 Å². The lowest BCUT2D eigenvalue weighted by Crippen LogP contribution is -2.38. The lowest BCUT2D eigenvalue weighted by atomic mass is 9.71. The van der Waals surface area contributed by atoms with Crippen LogP contribution < -0.4 is 5.32 Å². The Bertz CT molecular complexity index is 266. The highest BCUT2D eigenvalue weighted by atomic mass is 14.9. The zero-order valence-corrected chi connectivity index (χ0v) is 12.5. The number of hydrogen-bond acceptors (Lipinski definition) is 1. The second kappa shape index (κ2) is 6.23. The topological polar surface area (TPSA) is 12.0 Å². The largest absolute Gasteiger partial charge is 0.314 e. The quantitative estimate of drug-likeness (QED) is 0.724. The molecular weight excluding hydrogens is 218 g/mol. The molecule has 2 aliphatic rings. The Kier molecular flexibility index (Phi) is 4.89. The first-order valence-electron chi connectivity index (χ1n) is 7.94. The Morgan fingerprint density at radius 3 is 2.28 bits per heavy atom. The summed E-state index contributed by atoms with van der Waals surface area (Å²) in [4.78, 5) is 0. The fraction of sp³-hybridized carbons (Fsp3) is 0.882. The molecule has 0 saturated heterocycles. The first-order valence-corrected chi connectivity index (χ1v) is 7.94. The highest BCUT2D eigenvalue weighted by molar-refractivity contribution is 4.91. The van der Waals surface area contributed by atoms with Crippen LogP contribution in [-0.2, 0) is 0 Å². The maximum Gasteiger partial charge on any atom is 0.00673 e. The molecule has 1 heteroatoms. The van der Waals surface area contributed by atoms with Gasteiger partial charge in [0.15, 0.2) is 0 Å². The van der Waals surface area contributed by atoms with Crippen molar-refractivity contribution in [3.05, 3.63) is 12.2 Å². The second-order valence-electron chi connectivity index (χ2n) is 7.47. The lowest BCUT2D eigenvalue weighted by Gasteiger charge is -2.37. The van der Waals surface area contributed by atoms with Crippen molar-refractivity contribution >= 4 is 0 Å². The zero-order chi connectivity index (χ0) is 13.0. The second-order valence-corrected chi connectivity index (χ2v) is 7.47. The minimum Gasteiger partial charge on any atom is -0.314 e. The summed E-state index contributed by atoms with van der Waals surface area (Å²) in [6.45, 7) is 8.45. The average Bonchev–Trinajstić information content (AvgIpc) is 2.37. The van der Waals surface area contributed by atoms with Gasteiger partial charge in [-0.2, -0.15) is 0 Å². The van der Waals surface area contributed by atoms with Crippen molar-refractivity contribution in [3.8, 4) is 0 Å². The predicted molar refractivity (Wildman–Crippen MR) is 79.7 cm³/mol. The minimum atomic E-state index is 0.513. The van der Waals surface area contributed by atoms with E-state index in [0.717, 1.165) is 17.9 Å². The average molecular weight is 249 g/mol. The molecule has 0 amide bonds. The number of hydrogen-bond donors (Lipinski definition) is 1. The highest BCUT2D eigenvalue weighted by Gasteiger charge is 2.29. The first-order chi connectivity index (χ1) is 8.55. The van der Waals surface area contributed by atoms with Crippen LogP contribution >= 0.6 is 0 Å². The summed E-state index contributed by atoms with van der Waals surface area (Å²) < 4.78 is 0. The van der Waals surface area contributed by atoms with Crippen molar-refractivity contribution in [3.63, 3.8) is 0 Å². The lowest BCUT2D eigenvalue weighted by molar-refractivity contribution is 0.158. The van der Waals surface area contributed by atoms with Crippen LogP contribution in [0.15, 0.2) is 12.2 Å². The molecule has 1 nitrogen and oxygen atoms in total. The van der Waals surface area contributed by atoms with Crippen LogP contribution in [0.3, 0.4) is 0 Å². The van der Waals surface area contributed by atoms with E-state index >= 15 is 0 Å². The fourth-order valence-corrected chi connectivity index (χ4v) is 3.54. The summed E-state index contributed by atoms with van der Waals surface area (Å²) in [5, 5.41) is 3.83. The van der Waals surface area contributed by atoms with Crippen LogP contribution in [0.1, 0.15) is 65.7 Å². The number of nitrogens with one attached hydrogen (secondary N) is 1. The van der Waals surface area contributed by atoms with Crippen molar-refractivity contribution in [1.29, 1.82) is 0 Å². The van der Waals surface area contributed by atoms with Gasteiger partial charge in [-0.25, -0.2) is 0 Å². The van der Waals surface area contributed by atoms with E-state index in [9.17, 15) is 0 Å². The molecule has 0 aromatic carbocycles. The molecule has 1 N–H and O–H groups in total. The van der Waals surface area contributed by atoms with Crippen molar-refractivity contribution in [1.82, 2.24) is 5.32 Å². The minimum absolute atomic E-state index is 0.513. The van der Waals surface area contributed by atoms with E-state index in [1.54, 1.807) is 0 Å². The normalized spacial score (nSPS) is 33.6. The summed E-state index contributed by atoms with van der Waals surface area (Å²) in [6, 6.07) is 0.800. The van der Waals surface area contributed by atoms with Crippen molar-refractivity contribution < 1.29 is 0 Å². The SMILES string of the molecule is CC(C)(C)C1CCC(NCC2CC=CCC2)CC1. The van der Waals surface area contributed by atoms with Gasteiger partial charge in [-0.3, -0.25) is 0 Å². The molecule has 0 spiro atoms. The molecular formula is C17H31N. The standard InChI is InChI=1S/C17H31N/c1-17(2,3)15-9-11-16(12-10-15)18-13-14-7-5-4-6-8-14/h4-5,14-16,18H,6-13H2,1-3H3. The summed E-state index contributed by atoms with van der Waals surface area (Å²) in [7, 11) is 0. The molecule has 2 aliphatic carbocycles. The Balaban J connectivity index is 1.66. The molecule has 1 fully saturated rings. The van der Waals surface area contributed by atoms with Gasteiger partial charge in [0.05, 0.1) is 0 Å². The van der Waals surface area contributed by atoms with Crippen LogP contribution in [0.4, 0.5) is 0 Å². The third-order valence-electron chi connectivity index (χ3n) is 5.02. The molecule has 18 heavy (non-hydrogen) atoms. The van der Waals surface area contributed by atoms with Crippen molar-refractivity contribution in [2.45, 2.75) is 71.8 Å². The summed E-state index contributed by atoms with van der Waals surface area (Å²) >= 11 is 0. The Morgan fingerprint density at radius 1 is 1.00 bits per heavy atom.